The van der Waals surface area contributed by atoms with Gasteiger partial charge in [-0.25, -0.2) is 4.98 Å². The minimum atomic E-state index is 0.0559. The third kappa shape index (κ3) is 2.76. The molecule has 0 bridgehead atoms. The van der Waals surface area contributed by atoms with Crippen molar-refractivity contribution in [1.29, 1.82) is 0 Å². The maximum atomic E-state index is 12.1. The summed E-state index contributed by atoms with van der Waals surface area (Å²) in [5.74, 6) is 0.411. The van der Waals surface area contributed by atoms with Crippen LogP contribution in [0.5, 0.6) is 0 Å². The lowest BCUT2D eigenvalue weighted by Gasteiger charge is -2.30. The Balaban J connectivity index is 1.96. The molecular formula is C11H17N3O2S. The number of hydrogen-bond donors (Lipinski definition) is 2. The van der Waals surface area contributed by atoms with E-state index >= 15 is 0 Å². The van der Waals surface area contributed by atoms with Crippen molar-refractivity contribution in [1.82, 2.24) is 9.88 Å². The molecule has 1 aliphatic rings. The minimum Gasteiger partial charge on any atom is -0.396 e. The molecule has 0 atom stereocenters. The molecule has 6 heteroatoms. The molecule has 1 aromatic heterocycles. The maximum absolute atomic E-state index is 12.1. The molecule has 1 aromatic rings. The second kappa shape index (κ2) is 5.46. The van der Waals surface area contributed by atoms with E-state index in [0.717, 1.165) is 31.1 Å². The fourth-order valence-corrected chi connectivity index (χ4v) is 2.70. The number of nitrogens with one attached hydrogen (secondary N) is 1. The van der Waals surface area contributed by atoms with Gasteiger partial charge >= 0.3 is 0 Å². The lowest BCUT2D eigenvalue weighted by atomic mass is 9.98. The Labute approximate surface area is 104 Å². The van der Waals surface area contributed by atoms with E-state index in [2.05, 4.69) is 10.3 Å². The number of rotatable bonds is 3. The summed E-state index contributed by atoms with van der Waals surface area (Å²) >= 11 is 1.38. The summed E-state index contributed by atoms with van der Waals surface area (Å²) in [5.41, 5.74) is 0. The fraction of sp³-hybridized carbons (Fsp3) is 0.636. The first-order chi connectivity index (χ1) is 8.24. The molecule has 1 amide bonds. The van der Waals surface area contributed by atoms with Gasteiger partial charge in [0.1, 0.15) is 4.88 Å². The van der Waals surface area contributed by atoms with Crippen LogP contribution in [-0.4, -0.2) is 47.6 Å². The summed E-state index contributed by atoms with van der Waals surface area (Å²) in [6, 6.07) is 0. The molecule has 0 radical (unpaired) electrons. The Bertz CT molecular complexity index is 386. The molecule has 1 saturated heterocycles. The van der Waals surface area contributed by atoms with Gasteiger partial charge in [-0.3, -0.25) is 4.79 Å². The van der Waals surface area contributed by atoms with E-state index in [1.165, 1.54) is 11.3 Å². The van der Waals surface area contributed by atoms with Gasteiger partial charge < -0.3 is 15.3 Å². The van der Waals surface area contributed by atoms with Gasteiger partial charge in [-0.2, -0.15) is 0 Å². The number of piperidine rings is 1. The van der Waals surface area contributed by atoms with Gasteiger partial charge in [0, 0.05) is 26.7 Å². The minimum absolute atomic E-state index is 0.0559. The maximum Gasteiger partial charge on any atom is 0.265 e. The second-order valence-electron chi connectivity index (χ2n) is 4.20. The summed E-state index contributed by atoms with van der Waals surface area (Å²) in [6.45, 7) is 1.69. The van der Waals surface area contributed by atoms with Crippen molar-refractivity contribution in [3.63, 3.8) is 0 Å². The Kier molecular flexibility index (Phi) is 3.96. The third-order valence-corrected chi connectivity index (χ3v) is 4.09. The number of aliphatic hydroxyl groups excluding tert-OH is 1. The van der Waals surface area contributed by atoms with Crippen LogP contribution in [0.1, 0.15) is 22.5 Å². The monoisotopic (exact) mass is 255 g/mol. The average Bonchev–Trinajstić information content (AvgIpc) is 2.87. The van der Waals surface area contributed by atoms with Crippen LogP contribution in [0.4, 0.5) is 5.13 Å². The fourth-order valence-electron chi connectivity index (χ4n) is 1.96. The lowest BCUT2D eigenvalue weighted by molar-refractivity contribution is 0.0655. The number of likely N-dealkylation sites (tertiary alicyclic amines) is 1. The Morgan fingerprint density at radius 3 is 2.88 bits per heavy atom. The normalized spacial score (nSPS) is 17.2. The molecule has 5 nitrogen and oxygen atoms in total. The number of carbonyl (C=O) groups is 1. The number of amides is 1. The second-order valence-corrected chi connectivity index (χ2v) is 5.23. The molecule has 0 unspecified atom stereocenters. The van der Waals surface area contributed by atoms with Crippen molar-refractivity contribution in [2.75, 3.05) is 32.1 Å². The lowest BCUT2D eigenvalue weighted by Crippen LogP contribution is -2.38. The van der Waals surface area contributed by atoms with E-state index in [4.69, 9.17) is 5.11 Å². The number of aromatic nitrogens is 1. The smallest absolute Gasteiger partial charge is 0.265 e. The molecule has 2 rings (SSSR count). The van der Waals surface area contributed by atoms with Crippen LogP contribution < -0.4 is 5.32 Å². The van der Waals surface area contributed by atoms with E-state index < -0.39 is 0 Å². The summed E-state index contributed by atoms with van der Waals surface area (Å²) < 4.78 is 0. The quantitative estimate of drug-likeness (QED) is 0.846. The van der Waals surface area contributed by atoms with Crippen LogP contribution >= 0.6 is 11.3 Å². The predicted molar refractivity (Wildman–Crippen MR) is 67.4 cm³/mol. The van der Waals surface area contributed by atoms with Crippen molar-refractivity contribution in [2.45, 2.75) is 12.8 Å². The number of hydrogen-bond acceptors (Lipinski definition) is 5. The molecule has 0 saturated carbocycles. The van der Waals surface area contributed by atoms with Gasteiger partial charge in [0.15, 0.2) is 5.13 Å². The summed E-state index contributed by atoms with van der Waals surface area (Å²) in [7, 11) is 1.79. The molecule has 0 aromatic carbocycles. The first-order valence-electron chi connectivity index (χ1n) is 5.78. The highest BCUT2D eigenvalue weighted by Crippen LogP contribution is 2.22. The topological polar surface area (TPSA) is 65.5 Å². The van der Waals surface area contributed by atoms with E-state index in [1.807, 2.05) is 4.90 Å². The number of thiazole rings is 1. The van der Waals surface area contributed by atoms with Crippen LogP contribution in [0.2, 0.25) is 0 Å². The molecule has 94 valence electrons. The van der Waals surface area contributed by atoms with Gasteiger partial charge in [0.25, 0.3) is 5.91 Å². The first kappa shape index (κ1) is 12.3. The number of nitrogens with zero attached hydrogens (tertiary/aromatic N) is 2. The van der Waals surface area contributed by atoms with Crippen molar-refractivity contribution in [3.05, 3.63) is 11.1 Å². The molecular weight excluding hydrogens is 238 g/mol. The molecule has 0 spiro atoms. The zero-order valence-corrected chi connectivity index (χ0v) is 10.7. The van der Waals surface area contributed by atoms with Crippen molar-refractivity contribution < 1.29 is 9.90 Å². The number of anilines is 1. The van der Waals surface area contributed by atoms with Crippen LogP contribution in [0.3, 0.4) is 0 Å². The Morgan fingerprint density at radius 2 is 2.35 bits per heavy atom. The molecule has 17 heavy (non-hydrogen) atoms. The van der Waals surface area contributed by atoms with E-state index in [0.29, 0.717) is 10.8 Å². The Hall–Kier alpha value is -1.14. The summed E-state index contributed by atoms with van der Waals surface area (Å²) in [4.78, 5) is 18.8. The number of carbonyl (C=O) groups excluding carboxylic acids is 1. The van der Waals surface area contributed by atoms with Gasteiger partial charge in [-0.1, -0.05) is 11.3 Å². The van der Waals surface area contributed by atoms with Gasteiger partial charge in [-0.15, -0.1) is 0 Å². The summed E-state index contributed by atoms with van der Waals surface area (Å²) in [6.07, 6.45) is 3.40. The molecule has 1 aliphatic heterocycles. The molecule has 1 fully saturated rings. The van der Waals surface area contributed by atoms with Crippen molar-refractivity contribution in [2.24, 2.45) is 5.92 Å². The van der Waals surface area contributed by atoms with Crippen LogP contribution in [0, 0.1) is 5.92 Å². The first-order valence-corrected chi connectivity index (χ1v) is 6.60. The molecule has 2 N–H and O–H groups in total. The SMILES string of the molecule is CNc1ncc(C(=O)N2CCC(CO)CC2)s1. The van der Waals surface area contributed by atoms with E-state index in [1.54, 1.807) is 13.2 Å². The van der Waals surface area contributed by atoms with Gasteiger partial charge in [0.2, 0.25) is 0 Å². The predicted octanol–water partition coefficient (Wildman–Crippen LogP) is 1.03. The zero-order valence-electron chi connectivity index (χ0n) is 9.85. The van der Waals surface area contributed by atoms with Gasteiger partial charge in [0.05, 0.1) is 6.20 Å². The highest BCUT2D eigenvalue weighted by molar-refractivity contribution is 7.17. The van der Waals surface area contributed by atoms with Crippen LogP contribution in [0.25, 0.3) is 0 Å². The highest BCUT2D eigenvalue weighted by Gasteiger charge is 2.24. The van der Waals surface area contributed by atoms with Gasteiger partial charge in [-0.05, 0) is 18.8 Å². The Morgan fingerprint density at radius 1 is 1.65 bits per heavy atom. The molecule has 2 heterocycles. The standard InChI is InChI=1S/C11H17N3O2S/c1-12-11-13-6-9(17-11)10(16)14-4-2-8(7-15)3-5-14/h6,8,15H,2-5,7H2,1H3,(H,12,13). The number of aliphatic hydroxyl groups is 1. The van der Waals surface area contributed by atoms with E-state index in [9.17, 15) is 4.79 Å². The highest BCUT2D eigenvalue weighted by atomic mass is 32.1. The average molecular weight is 255 g/mol. The zero-order chi connectivity index (χ0) is 12.3. The van der Waals surface area contributed by atoms with Crippen LogP contribution in [0.15, 0.2) is 6.20 Å². The third-order valence-electron chi connectivity index (χ3n) is 3.09. The van der Waals surface area contributed by atoms with Crippen molar-refractivity contribution >= 4 is 22.4 Å². The van der Waals surface area contributed by atoms with Crippen molar-refractivity contribution in [3.8, 4) is 0 Å². The molecule has 0 aliphatic carbocycles. The largest absolute Gasteiger partial charge is 0.396 e. The van der Waals surface area contributed by atoms with E-state index in [-0.39, 0.29) is 12.5 Å². The van der Waals surface area contributed by atoms with Crippen LogP contribution in [-0.2, 0) is 0 Å². The summed E-state index contributed by atoms with van der Waals surface area (Å²) in [5, 5.41) is 12.7.